The fourth-order valence-electron chi connectivity index (χ4n) is 4.57. The van der Waals surface area contributed by atoms with Crippen molar-refractivity contribution in [2.24, 2.45) is 5.92 Å². The third kappa shape index (κ3) is 4.17. The van der Waals surface area contributed by atoms with Crippen molar-refractivity contribution < 1.29 is 9.13 Å². The molecule has 2 aliphatic heterocycles. The molecule has 0 aromatic heterocycles. The van der Waals surface area contributed by atoms with Crippen molar-refractivity contribution >= 4 is 5.69 Å². The molecule has 1 saturated heterocycles. The molecule has 2 heterocycles. The highest BCUT2D eigenvalue weighted by Gasteiger charge is 2.35. The minimum atomic E-state index is -0.197. The van der Waals surface area contributed by atoms with Gasteiger partial charge < -0.3 is 14.5 Å². The van der Waals surface area contributed by atoms with Crippen molar-refractivity contribution in [2.75, 3.05) is 37.7 Å². The van der Waals surface area contributed by atoms with Gasteiger partial charge in [-0.2, -0.15) is 0 Å². The number of hydrogen-bond acceptors (Lipinski definition) is 3. The molecule has 2 atom stereocenters. The smallest absolute Gasteiger partial charge is 0.123 e. The Morgan fingerprint density at radius 3 is 2.70 bits per heavy atom. The van der Waals surface area contributed by atoms with E-state index in [2.05, 4.69) is 41.0 Å². The Hall–Kier alpha value is -1.91. The summed E-state index contributed by atoms with van der Waals surface area (Å²) >= 11 is 0. The van der Waals surface area contributed by atoms with E-state index in [-0.39, 0.29) is 5.82 Å². The number of hydrogen-bond donors (Lipinski definition) is 0. The minimum Gasteiger partial charge on any atom is -0.376 e. The van der Waals surface area contributed by atoms with Crippen LogP contribution >= 0.6 is 0 Å². The summed E-state index contributed by atoms with van der Waals surface area (Å²) in [5.74, 6) is 0.294. The predicted octanol–water partition coefficient (Wildman–Crippen LogP) is 4.12. The number of benzene rings is 2. The molecule has 2 aliphatic rings. The standard InChI is InChI=1S/C23H29FN2O/c1-2-25-13-12-23(26-14-11-19-5-3-4-6-22(19)26)20(15-25)17-27-16-18-7-9-21(24)10-8-18/h3-10,20,23H,2,11-17H2,1H3. The van der Waals surface area contributed by atoms with E-state index in [9.17, 15) is 4.39 Å². The molecule has 4 rings (SSSR count). The zero-order chi connectivity index (χ0) is 18.6. The summed E-state index contributed by atoms with van der Waals surface area (Å²) in [6, 6.07) is 16.0. The summed E-state index contributed by atoms with van der Waals surface area (Å²) in [4.78, 5) is 5.15. The first-order valence-electron chi connectivity index (χ1n) is 10.1. The molecule has 3 nitrogen and oxygen atoms in total. The van der Waals surface area contributed by atoms with Crippen LogP contribution in [0.4, 0.5) is 10.1 Å². The van der Waals surface area contributed by atoms with Gasteiger partial charge in [0.05, 0.1) is 13.2 Å². The molecule has 2 aromatic rings. The molecular formula is C23H29FN2O. The Labute approximate surface area is 161 Å². The van der Waals surface area contributed by atoms with Crippen LogP contribution in [0.5, 0.6) is 0 Å². The summed E-state index contributed by atoms with van der Waals surface area (Å²) in [6.45, 7) is 7.99. The van der Waals surface area contributed by atoms with Crippen LogP contribution in [-0.4, -0.2) is 43.7 Å². The summed E-state index contributed by atoms with van der Waals surface area (Å²) in [7, 11) is 0. The summed E-state index contributed by atoms with van der Waals surface area (Å²) in [5, 5.41) is 0. The topological polar surface area (TPSA) is 15.7 Å². The van der Waals surface area contributed by atoms with Gasteiger partial charge in [0.15, 0.2) is 0 Å². The van der Waals surface area contributed by atoms with Gasteiger partial charge in [-0.05, 0) is 48.7 Å². The average Bonchev–Trinajstić information content (AvgIpc) is 3.13. The highest BCUT2D eigenvalue weighted by atomic mass is 19.1. The highest BCUT2D eigenvalue weighted by Crippen LogP contribution is 2.34. The van der Waals surface area contributed by atoms with Crippen molar-refractivity contribution in [1.29, 1.82) is 0 Å². The van der Waals surface area contributed by atoms with Gasteiger partial charge in [0, 0.05) is 37.3 Å². The highest BCUT2D eigenvalue weighted by molar-refractivity contribution is 5.58. The number of likely N-dealkylation sites (tertiary alicyclic amines) is 1. The molecule has 2 unspecified atom stereocenters. The zero-order valence-electron chi connectivity index (χ0n) is 16.1. The predicted molar refractivity (Wildman–Crippen MR) is 108 cm³/mol. The van der Waals surface area contributed by atoms with Crippen molar-refractivity contribution in [1.82, 2.24) is 4.90 Å². The van der Waals surface area contributed by atoms with Gasteiger partial charge in [-0.3, -0.25) is 0 Å². The molecule has 0 aliphatic carbocycles. The van der Waals surface area contributed by atoms with E-state index >= 15 is 0 Å². The van der Waals surface area contributed by atoms with Gasteiger partial charge in [0.2, 0.25) is 0 Å². The first-order chi connectivity index (χ1) is 13.2. The molecule has 27 heavy (non-hydrogen) atoms. The monoisotopic (exact) mass is 368 g/mol. The Balaban J connectivity index is 1.43. The van der Waals surface area contributed by atoms with Crippen LogP contribution in [0, 0.1) is 11.7 Å². The maximum absolute atomic E-state index is 13.1. The first-order valence-corrected chi connectivity index (χ1v) is 10.1. The van der Waals surface area contributed by atoms with Gasteiger partial charge in [0.1, 0.15) is 5.82 Å². The quantitative estimate of drug-likeness (QED) is 0.763. The second-order valence-electron chi connectivity index (χ2n) is 7.72. The van der Waals surface area contributed by atoms with Crippen LogP contribution < -0.4 is 4.90 Å². The lowest BCUT2D eigenvalue weighted by Crippen LogP contribution is -2.52. The lowest BCUT2D eigenvalue weighted by atomic mass is 9.91. The lowest BCUT2D eigenvalue weighted by molar-refractivity contribution is 0.0420. The minimum absolute atomic E-state index is 0.197. The lowest BCUT2D eigenvalue weighted by Gasteiger charge is -2.43. The Morgan fingerprint density at radius 2 is 1.89 bits per heavy atom. The molecule has 1 fully saturated rings. The van der Waals surface area contributed by atoms with Crippen molar-refractivity contribution in [3.63, 3.8) is 0 Å². The molecule has 0 radical (unpaired) electrons. The number of halogens is 1. The van der Waals surface area contributed by atoms with Crippen LogP contribution in [0.15, 0.2) is 48.5 Å². The third-order valence-electron chi connectivity index (χ3n) is 6.06. The van der Waals surface area contributed by atoms with E-state index < -0.39 is 0 Å². The van der Waals surface area contributed by atoms with E-state index in [1.807, 2.05) is 12.1 Å². The van der Waals surface area contributed by atoms with Gasteiger partial charge in [-0.15, -0.1) is 0 Å². The van der Waals surface area contributed by atoms with Gasteiger partial charge in [0.25, 0.3) is 0 Å². The molecule has 0 saturated carbocycles. The summed E-state index contributed by atoms with van der Waals surface area (Å²) in [6.07, 6.45) is 2.33. The number of para-hydroxylation sites is 1. The van der Waals surface area contributed by atoms with E-state index in [1.165, 1.54) is 29.8 Å². The maximum atomic E-state index is 13.1. The fraction of sp³-hybridized carbons (Fsp3) is 0.478. The molecule has 144 valence electrons. The van der Waals surface area contributed by atoms with Crippen LogP contribution in [0.2, 0.25) is 0 Å². The van der Waals surface area contributed by atoms with Crippen molar-refractivity contribution in [2.45, 2.75) is 32.4 Å². The number of nitrogens with zero attached hydrogens (tertiary/aromatic N) is 2. The number of ether oxygens (including phenoxy) is 1. The molecule has 0 N–H and O–H groups in total. The Morgan fingerprint density at radius 1 is 1.07 bits per heavy atom. The molecule has 0 spiro atoms. The fourth-order valence-corrected chi connectivity index (χ4v) is 4.57. The van der Waals surface area contributed by atoms with E-state index in [0.29, 0.717) is 18.6 Å². The molecule has 0 amide bonds. The van der Waals surface area contributed by atoms with E-state index in [1.54, 1.807) is 0 Å². The first kappa shape index (κ1) is 18.5. The van der Waals surface area contributed by atoms with E-state index in [0.717, 1.165) is 44.8 Å². The Bertz CT molecular complexity index is 748. The second-order valence-corrected chi connectivity index (χ2v) is 7.72. The van der Waals surface area contributed by atoms with Crippen molar-refractivity contribution in [3.05, 3.63) is 65.5 Å². The molecule has 4 heteroatoms. The normalized spacial score (nSPS) is 22.8. The van der Waals surface area contributed by atoms with Crippen molar-refractivity contribution in [3.8, 4) is 0 Å². The molecule has 0 bridgehead atoms. The molecule has 2 aromatic carbocycles. The van der Waals surface area contributed by atoms with Gasteiger partial charge >= 0.3 is 0 Å². The molecular weight excluding hydrogens is 339 g/mol. The van der Waals surface area contributed by atoms with Crippen LogP contribution in [0.1, 0.15) is 24.5 Å². The van der Waals surface area contributed by atoms with Crippen LogP contribution in [0.3, 0.4) is 0 Å². The van der Waals surface area contributed by atoms with Gasteiger partial charge in [-0.1, -0.05) is 37.3 Å². The average molecular weight is 368 g/mol. The number of fused-ring (bicyclic) bond motifs is 1. The Kier molecular flexibility index (Phi) is 5.74. The van der Waals surface area contributed by atoms with Crippen LogP contribution in [0.25, 0.3) is 0 Å². The summed E-state index contributed by atoms with van der Waals surface area (Å²) in [5.41, 5.74) is 3.92. The summed E-state index contributed by atoms with van der Waals surface area (Å²) < 4.78 is 19.2. The second kappa shape index (κ2) is 8.41. The van der Waals surface area contributed by atoms with E-state index in [4.69, 9.17) is 4.74 Å². The maximum Gasteiger partial charge on any atom is 0.123 e. The number of anilines is 1. The number of rotatable bonds is 6. The van der Waals surface area contributed by atoms with Gasteiger partial charge in [-0.25, -0.2) is 4.39 Å². The van der Waals surface area contributed by atoms with Crippen LogP contribution in [-0.2, 0) is 17.8 Å². The largest absolute Gasteiger partial charge is 0.376 e. The SMILES string of the molecule is CCN1CCC(N2CCc3ccccc32)C(COCc2ccc(F)cc2)C1. The zero-order valence-corrected chi connectivity index (χ0v) is 16.1. The number of piperidine rings is 1. The third-order valence-corrected chi connectivity index (χ3v) is 6.06.